The molecule has 1 aliphatic heterocycles. The lowest BCUT2D eigenvalue weighted by molar-refractivity contribution is -0.151. The fourth-order valence-electron chi connectivity index (χ4n) is 3.61. The Morgan fingerprint density at radius 2 is 2.16 bits per heavy atom. The molecule has 0 unspecified atom stereocenters. The van der Waals surface area contributed by atoms with Gasteiger partial charge in [-0.25, -0.2) is 4.79 Å². The Kier molecular flexibility index (Phi) is 3.80. The highest BCUT2D eigenvalue weighted by molar-refractivity contribution is 5.80. The number of carbonyl (C=O) groups is 1. The zero-order chi connectivity index (χ0) is 17.4. The van der Waals surface area contributed by atoms with Crippen molar-refractivity contribution in [2.75, 3.05) is 13.1 Å². The first kappa shape index (κ1) is 15.8. The Morgan fingerprint density at radius 1 is 1.36 bits per heavy atom. The number of carboxylic acids is 1. The Balaban J connectivity index is 1.49. The summed E-state index contributed by atoms with van der Waals surface area (Å²) < 4.78 is 6.85. The van der Waals surface area contributed by atoms with Crippen LogP contribution in [0.15, 0.2) is 41.2 Å². The van der Waals surface area contributed by atoms with Crippen LogP contribution in [0.4, 0.5) is 0 Å². The second-order valence-corrected chi connectivity index (χ2v) is 6.66. The second-order valence-electron chi connectivity index (χ2n) is 6.66. The Hall–Kier alpha value is -2.67. The summed E-state index contributed by atoms with van der Waals surface area (Å²) in [5.74, 6) is -0.808. The van der Waals surface area contributed by atoms with Crippen molar-refractivity contribution >= 4 is 16.9 Å². The molecule has 7 heteroatoms. The van der Waals surface area contributed by atoms with Gasteiger partial charge in [0, 0.05) is 37.4 Å². The predicted molar refractivity (Wildman–Crippen MR) is 91.1 cm³/mol. The molecule has 1 aromatic carbocycles. The first-order valence-corrected chi connectivity index (χ1v) is 8.39. The summed E-state index contributed by atoms with van der Waals surface area (Å²) in [5.41, 5.74) is 1.93. The van der Waals surface area contributed by atoms with Crippen LogP contribution in [0.5, 0.6) is 0 Å². The van der Waals surface area contributed by atoms with Crippen LogP contribution in [-0.2, 0) is 16.9 Å². The molecule has 3 heterocycles. The van der Waals surface area contributed by atoms with Crippen molar-refractivity contribution in [2.24, 2.45) is 0 Å². The van der Waals surface area contributed by atoms with Crippen molar-refractivity contribution in [3.63, 3.8) is 0 Å². The van der Waals surface area contributed by atoms with Crippen LogP contribution in [-0.4, -0.2) is 44.0 Å². The summed E-state index contributed by atoms with van der Waals surface area (Å²) in [7, 11) is 0. The topological polar surface area (TPSA) is 84.4 Å². The molecular formula is C18H20N4O3. The van der Waals surface area contributed by atoms with Gasteiger partial charge < -0.3 is 9.63 Å². The van der Waals surface area contributed by atoms with Crippen LogP contribution < -0.4 is 0 Å². The molecule has 0 amide bonds. The Labute approximate surface area is 144 Å². The van der Waals surface area contributed by atoms with Crippen LogP contribution in [0.3, 0.4) is 0 Å². The van der Waals surface area contributed by atoms with Gasteiger partial charge in [-0.15, -0.1) is 0 Å². The number of hydrogen-bond acceptors (Lipinski definition) is 5. The molecule has 1 saturated heterocycles. The molecule has 1 N–H and O–H groups in total. The van der Waals surface area contributed by atoms with Gasteiger partial charge in [-0.3, -0.25) is 9.58 Å². The van der Waals surface area contributed by atoms with E-state index in [4.69, 9.17) is 4.52 Å². The maximum atomic E-state index is 11.9. The van der Waals surface area contributed by atoms with Crippen molar-refractivity contribution in [2.45, 2.75) is 31.8 Å². The van der Waals surface area contributed by atoms with Gasteiger partial charge in [-0.05, 0) is 43.5 Å². The van der Waals surface area contributed by atoms with E-state index >= 15 is 0 Å². The lowest BCUT2D eigenvalue weighted by atomic mass is 9.87. The molecule has 1 aliphatic rings. The van der Waals surface area contributed by atoms with Gasteiger partial charge in [0.05, 0.1) is 5.69 Å². The minimum Gasteiger partial charge on any atom is -0.479 e. The van der Waals surface area contributed by atoms with E-state index in [0.29, 0.717) is 25.9 Å². The molecule has 0 atom stereocenters. The van der Waals surface area contributed by atoms with E-state index < -0.39 is 11.5 Å². The third kappa shape index (κ3) is 2.70. The molecular weight excluding hydrogens is 320 g/mol. The van der Waals surface area contributed by atoms with E-state index in [-0.39, 0.29) is 0 Å². The maximum Gasteiger partial charge on any atom is 0.331 e. The van der Waals surface area contributed by atoms with Gasteiger partial charge in [0.2, 0.25) is 0 Å². The third-order valence-electron chi connectivity index (χ3n) is 5.15. The lowest BCUT2D eigenvalue weighted by Gasteiger charge is -2.39. The molecule has 3 aromatic rings. The molecule has 1 fully saturated rings. The molecule has 0 spiro atoms. The molecule has 2 aromatic heterocycles. The lowest BCUT2D eigenvalue weighted by Crippen LogP contribution is -2.51. The van der Waals surface area contributed by atoms with E-state index in [1.807, 2.05) is 19.1 Å². The number of aliphatic carboxylic acids is 1. The molecule has 0 aliphatic carbocycles. The predicted octanol–water partition coefficient (Wildman–Crippen LogP) is 2.41. The molecule has 130 valence electrons. The summed E-state index contributed by atoms with van der Waals surface area (Å²) in [5, 5.41) is 19.0. The van der Waals surface area contributed by atoms with Crippen molar-refractivity contribution in [1.82, 2.24) is 19.8 Å². The highest BCUT2D eigenvalue weighted by Crippen LogP contribution is 2.31. The molecule has 7 nitrogen and oxygen atoms in total. The normalized spacial score (nSPS) is 17.8. The fraction of sp³-hybridized carbons (Fsp3) is 0.389. The van der Waals surface area contributed by atoms with Gasteiger partial charge in [-0.1, -0.05) is 11.2 Å². The Morgan fingerprint density at radius 3 is 2.84 bits per heavy atom. The summed E-state index contributed by atoms with van der Waals surface area (Å²) in [6, 6.07) is 7.86. The second kappa shape index (κ2) is 6.00. The number of rotatable bonds is 4. The number of carboxylic acid groups (broad SMARTS) is 1. The van der Waals surface area contributed by atoms with Crippen molar-refractivity contribution in [3.05, 3.63) is 47.9 Å². The minimum absolute atomic E-state index is 0.540. The largest absolute Gasteiger partial charge is 0.479 e. The van der Waals surface area contributed by atoms with E-state index in [0.717, 1.165) is 23.2 Å². The quantitative estimate of drug-likeness (QED) is 0.785. The summed E-state index contributed by atoms with van der Waals surface area (Å²) >= 11 is 0. The van der Waals surface area contributed by atoms with E-state index in [2.05, 4.69) is 21.2 Å². The molecule has 4 rings (SSSR count). The van der Waals surface area contributed by atoms with Crippen LogP contribution in [0.25, 0.3) is 11.0 Å². The van der Waals surface area contributed by atoms with Gasteiger partial charge >= 0.3 is 5.97 Å². The number of piperidine rings is 1. The average Bonchev–Trinajstić information content (AvgIpc) is 3.27. The standard InChI is InChI=1S/C18H20N4O3/c1-13-15-11-14(3-4-16(15)25-20-13)12-21-9-5-18(6-10-21,17(23)24)22-8-2-7-19-22/h2-4,7-8,11H,5-6,9-10,12H2,1H3,(H,23,24). The fourth-order valence-corrected chi connectivity index (χ4v) is 3.61. The average molecular weight is 340 g/mol. The number of aromatic nitrogens is 3. The number of fused-ring (bicyclic) bond motifs is 1. The van der Waals surface area contributed by atoms with Crippen molar-refractivity contribution < 1.29 is 14.4 Å². The third-order valence-corrected chi connectivity index (χ3v) is 5.15. The zero-order valence-electron chi connectivity index (χ0n) is 14.1. The number of nitrogens with zero attached hydrogens (tertiary/aromatic N) is 4. The minimum atomic E-state index is -0.935. The summed E-state index contributed by atoms with van der Waals surface area (Å²) in [6.45, 7) is 4.15. The summed E-state index contributed by atoms with van der Waals surface area (Å²) in [6.07, 6.45) is 4.46. The van der Waals surface area contributed by atoms with E-state index in [9.17, 15) is 9.90 Å². The highest BCUT2D eigenvalue weighted by atomic mass is 16.5. The van der Waals surface area contributed by atoms with Gasteiger partial charge in [0.1, 0.15) is 0 Å². The monoisotopic (exact) mass is 340 g/mol. The van der Waals surface area contributed by atoms with Crippen molar-refractivity contribution in [3.8, 4) is 0 Å². The molecule has 0 bridgehead atoms. The number of likely N-dealkylation sites (tertiary alicyclic amines) is 1. The Bertz CT molecular complexity index is 892. The molecule has 0 saturated carbocycles. The van der Waals surface area contributed by atoms with Crippen LogP contribution in [0.2, 0.25) is 0 Å². The maximum absolute atomic E-state index is 11.9. The first-order valence-electron chi connectivity index (χ1n) is 8.39. The van der Waals surface area contributed by atoms with Gasteiger partial charge in [0.25, 0.3) is 0 Å². The number of hydrogen-bond donors (Lipinski definition) is 1. The molecule has 25 heavy (non-hydrogen) atoms. The van der Waals surface area contributed by atoms with Crippen LogP contribution in [0, 0.1) is 6.92 Å². The summed E-state index contributed by atoms with van der Waals surface area (Å²) in [4.78, 5) is 14.2. The number of benzene rings is 1. The van der Waals surface area contributed by atoms with Gasteiger partial charge in [-0.2, -0.15) is 5.10 Å². The smallest absolute Gasteiger partial charge is 0.331 e. The van der Waals surface area contributed by atoms with E-state index in [1.165, 1.54) is 5.56 Å². The first-order chi connectivity index (χ1) is 12.1. The molecule has 0 radical (unpaired) electrons. The zero-order valence-corrected chi connectivity index (χ0v) is 14.1. The highest BCUT2D eigenvalue weighted by Gasteiger charge is 2.43. The van der Waals surface area contributed by atoms with Crippen LogP contribution in [0.1, 0.15) is 24.1 Å². The number of aryl methyl sites for hydroxylation is 1. The van der Waals surface area contributed by atoms with Crippen molar-refractivity contribution in [1.29, 1.82) is 0 Å². The van der Waals surface area contributed by atoms with Gasteiger partial charge in [0.15, 0.2) is 11.1 Å². The van der Waals surface area contributed by atoms with E-state index in [1.54, 1.807) is 23.1 Å². The van der Waals surface area contributed by atoms with Crippen LogP contribution >= 0.6 is 0 Å². The SMILES string of the molecule is Cc1noc2ccc(CN3CCC(C(=O)O)(n4cccn4)CC3)cc12.